The molecule has 0 radical (unpaired) electrons. The summed E-state index contributed by atoms with van der Waals surface area (Å²) < 4.78 is 5.80. The van der Waals surface area contributed by atoms with Gasteiger partial charge in [-0.1, -0.05) is 11.8 Å². The molecule has 1 fully saturated rings. The number of hydrogen-bond donors (Lipinski definition) is 1. The molecule has 0 amide bonds. The number of pyridine rings is 1. The third kappa shape index (κ3) is 4.23. The van der Waals surface area contributed by atoms with Crippen LogP contribution < -0.4 is 10.5 Å². The summed E-state index contributed by atoms with van der Waals surface area (Å²) >= 11 is 0. The molecule has 102 valence electrons. The normalized spacial score (nSPS) is 20.7. The van der Waals surface area contributed by atoms with Gasteiger partial charge in [0.25, 0.3) is 0 Å². The van der Waals surface area contributed by atoms with Crippen molar-refractivity contribution < 1.29 is 4.74 Å². The Bertz CT molecular complexity index is 476. The van der Waals surface area contributed by atoms with Crippen LogP contribution in [0.25, 0.3) is 0 Å². The van der Waals surface area contributed by atoms with Crippen LogP contribution in [0.4, 0.5) is 0 Å². The summed E-state index contributed by atoms with van der Waals surface area (Å²) in [4.78, 5) is 6.49. The molecule has 2 atom stereocenters. The highest BCUT2D eigenvalue weighted by Gasteiger charge is 2.21. The molecule has 4 nitrogen and oxygen atoms in total. The van der Waals surface area contributed by atoms with Crippen LogP contribution in [0.5, 0.6) is 5.75 Å². The van der Waals surface area contributed by atoms with E-state index in [2.05, 4.69) is 28.8 Å². The van der Waals surface area contributed by atoms with E-state index in [1.54, 1.807) is 12.4 Å². The van der Waals surface area contributed by atoms with Gasteiger partial charge in [0, 0.05) is 17.8 Å². The van der Waals surface area contributed by atoms with Crippen molar-refractivity contribution in [2.24, 2.45) is 5.73 Å². The quantitative estimate of drug-likeness (QED) is 0.830. The highest BCUT2D eigenvalue weighted by atomic mass is 16.5. The smallest absolute Gasteiger partial charge is 0.138 e. The fourth-order valence-corrected chi connectivity index (χ4v) is 2.15. The molecule has 2 heterocycles. The predicted octanol–water partition coefficient (Wildman–Crippen LogP) is 1.25. The van der Waals surface area contributed by atoms with E-state index in [0.717, 1.165) is 17.9 Å². The number of rotatable bonds is 3. The van der Waals surface area contributed by atoms with Gasteiger partial charge >= 0.3 is 0 Å². The standard InChI is InChI=1S/C15H21N3O/c1-12(16)5-6-13-8-15(10-17-9-13)19-11-14-4-3-7-18(14)2/h8-10,12,14H,3-4,7,11,16H2,1-2H3/t12?,14-/m0/s1. The Kier molecular flexibility index (Phi) is 4.78. The van der Waals surface area contributed by atoms with Gasteiger partial charge in [0.15, 0.2) is 0 Å². The van der Waals surface area contributed by atoms with E-state index in [-0.39, 0.29) is 6.04 Å². The topological polar surface area (TPSA) is 51.4 Å². The molecule has 1 aromatic rings. The second kappa shape index (κ2) is 6.55. The highest BCUT2D eigenvalue weighted by Crippen LogP contribution is 2.17. The molecule has 1 unspecified atom stereocenters. The largest absolute Gasteiger partial charge is 0.490 e. The molecule has 1 saturated heterocycles. The van der Waals surface area contributed by atoms with E-state index >= 15 is 0 Å². The summed E-state index contributed by atoms with van der Waals surface area (Å²) in [6.45, 7) is 3.73. The second-order valence-corrected chi connectivity index (χ2v) is 5.05. The van der Waals surface area contributed by atoms with Gasteiger partial charge in [0.2, 0.25) is 0 Å². The van der Waals surface area contributed by atoms with Crippen molar-refractivity contribution >= 4 is 0 Å². The van der Waals surface area contributed by atoms with Gasteiger partial charge in [-0.15, -0.1) is 0 Å². The molecular weight excluding hydrogens is 238 g/mol. The fraction of sp³-hybridized carbons (Fsp3) is 0.533. The van der Waals surface area contributed by atoms with Crippen LogP contribution >= 0.6 is 0 Å². The van der Waals surface area contributed by atoms with E-state index in [4.69, 9.17) is 10.5 Å². The number of ether oxygens (including phenoxy) is 1. The van der Waals surface area contributed by atoms with E-state index in [9.17, 15) is 0 Å². The maximum absolute atomic E-state index is 5.80. The predicted molar refractivity (Wildman–Crippen MR) is 75.9 cm³/mol. The number of nitrogens with two attached hydrogens (primary N) is 1. The first-order chi connectivity index (χ1) is 9.15. The molecule has 1 aliphatic heterocycles. The van der Waals surface area contributed by atoms with Crippen LogP contribution in [0.3, 0.4) is 0 Å². The van der Waals surface area contributed by atoms with Gasteiger partial charge in [-0.2, -0.15) is 0 Å². The Morgan fingerprint density at radius 2 is 2.42 bits per heavy atom. The molecule has 2 N–H and O–H groups in total. The monoisotopic (exact) mass is 259 g/mol. The molecule has 0 aromatic carbocycles. The fourth-order valence-electron chi connectivity index (χ4n) is 2.15. The zero-order chi connectivity index (χ0) is 13.7. The zero-order valence-electron chi connectivity index (χ0n) is 11.6. The Morgan fingerprint density at radius 3 is 3.11 bits per heavy atom. The van der Waals surface area contributed by atoms with E-state index in [0.29, 0.717) is 12.6 Å². The van der Waals surface area contributed by atoms with Gasteiger partial charge in [-0.3, -0.25) is 4.98 Å². The summed E-state index contributed by atoms with van der Waals surface area (Å²) in [7, 11) is 2.14. The molecule has 0 aliphatic carbocycles. The van der Waals surface area contributed by atoms with E-state index in [1.807, 2.05) is 13.0 Å². The third-order valence-corrected chi connectivity index (χ3v) is 3.27. The second-order valence-electron chi connectivity index (χ2n) is 5.05. The van der Waals surface area contributed by atoms with Crippen LogP contribution in [-0.4, -0.2) is 42.2 Å². The first-order valence-corrected chi connectivity index (χ1v) is 6.70. The highest BCUT2D eigenvalue weighted by molar-refractivity contribution is 5.37. The van der Waals surface area contributed by atoms with Gasteiger partial charge in [0.05, 0.1) is 12.2 Å². The molecular formula is C15H21N3O. The zero-order valence-corrected chi connectivity index (χ0v) is 11.6. The lowest BCUT2D eigenvalue weighted by molar-refractivity contribution is 0.198. The van der Waals surface area contributed by atoms with Crippen LogP contribution in [0.2, 0.25) is 0 Å². The van der Waals surface area contributed by atoms with Gasteiger partial charge in [0.1, 0.15) is 12.4 Å². The van der Waals surface area contributed by atoms with Crippen LogP contribution in [-0.2, 0) is 0 Å². The van der Waals surface area contributed by atoms with Crippen molar-refractivity contribution in [2.75, 3.05) is 20.2 Å². The lowest BCUT2D eigenvalue weighted by Crippen LogP contribution is -2.30. The van der Waals surface area contributed by atoms with Crippen LogP contribution in [0.15, 0.2) is 18.5 Å². The Balaban J connectivity index is 1.94. The van der Waals surface area contributed by atoms with Gasteiger partial charge in [-0.25, -0.2) is 0 Å². The molecule has 0 spiro atoms. The minimum atomic E-state index is -0.128. The number of aromatic nitrogens is 1. The minimum Gasteiger partial charge on any atom is -0.490 e. The number of nitrogens with zero attached hydrogens (tertiary/aromatic N) is 2. The molecule has 19 heavy (non-hydrogen) atoms. The third-order valence-electron chi connectivity index (χ3n) is 3.27. The van der Waals surface area contributed by atoms with E-state index in [1.165, 1.54) is 12.8 Å². The molecule has 1 aromatic heterocycles. The Hall–Kier alpha value is -1.57. The number of hydrogen-bond acceptors (Lipinski definition) is 4. The van der Waals surface area contributed by atoms with Crippen molar-refractivity contribution in [1.29, 1.82) is 0 Å². The lowest BCUT2D eigenvalue weighted by atomic mass is 10.2. The molecule has 0 bridgehead atoms. The maximum atomic E-state index is 5.80. The summed E-state index contributed by atoms with van der Waals surface area (Å²) in [6.07, 6.45) is 5.91. The SMILES string of the molecule is CC(N)C#Cc1cncc(OC[C@@H]2CCCN2C)c1. The number of likely N-dealkylation sites (N-methyl/N-ethyl adjacent to an activating group) is 1. The number of likely N-dealkylation sites (tertiary alicyclic amines) is 1. The summed E-state index contributed by atoms with van der Waals surface area (Å²) in [6, 6.07) is 2.30. The molecule has 1 aliphatic rings. The summed E-state index contributed by atoms with van der Waals surface area (Å²) in [5.74, 6) is 6.69. The minimum absolute atomic E-state index is 0.128. The van der Waals surface area contributed by atoms with Gasteiger partial charge < -0.3 is 15.4 Å². The first kappa shape index (κ1) is 13.9. The molecule has 0 saturated carbocycles. The van der Waals surface area contributed by atoms with Crippen LogP contribution in [0.1, 0.15) is 25.3 Å². The first-order valence-electron chi connectivity index (χ1n) is 6.70. The average molecular weight is 259 g/mol. The summed E-state index contributed by atoms with van der Waals surface area (Å²) in [5, 5.41) is 0. The summed E-state index contributed by atoms with van der Waals surface area (Å²) in [5.41, 5.74) is 6.45. The van der Waals surface area contributed by atoms with E-state index < -0.39 is 0 Å². The lowest BCUT2D eigenvalue weighted by Gasteiger charge is -2.19. The van der Waals surface area contributed by atoms with Crippen LogP contribution in [0, 0.1) is 11.8 Å². The van der Waals surface area contributed by atoms with Crippen molar-refractivity contribution in [2.45, 2.75) is 31.8 Å². The average Bonchev–Trinajstić information content (AvgIpc) is 2.80. The molecule has 4 heteroatoms. The Morgan fingerprint density at radius 1 is 1.58 bits per heavy atom. The van der Waals surface area contributed by atoms with Crippen molar-refractivity contribution in [3.05, 3.63) is 24.0 Å². The maximum Gasteiger partial charge on any atom is 0.138 e. The van der Waals surface area contributed by atoms with Crippen molar-refractivity contribution in [1.82, 2.24) is 9.88 Å². The molecule has 2 rings (SSSR count). The van der Waals surface area contributed by atoms with Gasteiger partial charge in [-0.05, 0) is 39.4 Å². The van der Waals surface area contributed by atoms with Crippen molar-refractivity contribution in [3.63, 3.8) is 0 Å². The van der Waals surface area contributed by atoms with Crippen molar-refractivity contribution in [3.8, 4) is 17.6 Å². The Labute approximate surface area is 115 Å².